The number of rotatable bonds is 5. The number of aliphatic hydroxyl groups excluding tert-OH is 1. The van der Waals surface area contributed by atoms with Crippen LogP contribution in [-0.4, -0.2) is 34.8 Å². The molecule has 0 aliphatic heterocycles. The molecule has 1 heterocycles. The normalized spacial score (nSPS) is 10.7. The van der Waals surface area contributed by atoms with Gasteiger partial charge in [-0.2, -0.15) is 0 Å². The van der Waals surface area contributed by atoms with E-state index in [0.29, 0.717) is 22.0 Å². The Hall–Kier alpha value is -3.87. The zero-order valence-corrected chi connectivity index (χ0v) is 21.4. The van der Waals surface area contributed by atoms with Crippen LogP contribution in [0.4, 0.5) is 5.69 Å². The Kier molecular flexibility index (Phi) is 9.06. The SMILES string of the molecule is CCO.COc1cc(C=CC(=O)Nc2cnc3c(C)cc(C)cc3c2-c2ccccc2Cl)ccc1O. The molecule has 0 aliphatic carbocycles. The van der Waals surface area contributed by atoms with E-state index in [4.69, 9.17) is 21.4 Å². The first-order chi connectivity index (χ1) is 17.3. The molecule has 0 fully saturated rings. The average molecular weight is 505 g/mol. The van der Waals surface area contributed by atoms with Gasteiger partial charge in [-0.3, -0.25) is 9.78 Å². The van der Waals surface area contributed by atoms with Crippen LogP contribution >= 0.6 is 11.6 Å². The molecule has 0 aliphatic rings. The van der Waals surface area contributed by atoms with Gasteiger partial charge in [0.25, 0.3) is 0 Å². The fourth-order valence-electron chi connectivity index (χ4n) is 3.85. The number of aliphatic hydroxyl groups is 1. The van der Waals surface area contributed by atoms with Crippen LogP contribution in [-0.2, 0) is 4.79 Å². The number of carbonyl (C=O) groups excluding carboxylic acids is 1. The lowest BCUT2D eigenvalue weighted by molar-refractivity contribution is -0.111. The van der Waals surface area contributed by atoms with Crippen LogP contribution in [0.25, 0.3) is 28.1 Å². The number of hydrogen-bond acceptors (Lipinski definition) is 5. The molecule has 186 valence electrons. The fraction of sp³-hybridized carbons (Fsp3) is 0.172. The Balaban J connectivity index is 0.00000115. The molecule has 6 nitrogen and oxygen atoms in total. The maximum absolute atomic E-state index is 12.8. The highest BCUT2D eigenvalue weighted by Crippen LogP contribution is 2.39. The number of carbonyl (C=O) groups is 1. The molecule has 1 aromatic heterocycles. The van der Waals surface area contributed by atoms with Crippen LogP contribution in [0.15, 0.2) is 66.9 Å². The number of benzene rings is 3. The summed E-state index contributed by atoms with van der Waals surface area (Å²) in [5.74, 6) is 0.0558. The molecule has 3 aromatic carbocycles. The Bertz CT molecular complexity index is 1420. The maximum Gasteiger partial charge on any atom is 0.248 e. The minimum Gasteiger partial charge on any atom is -0.504 e. The molecule has 0 radical (unpaired) electrons. The summed E-state index contributed by atoms with van der Waals surface area (Å²) >= 11 is 6.55. The highest BCUT2D eigenvalue weighted by atomic mass is 35.5. The maximum atomic E-state index is 12.8. The third-order valence-electron chi connectivity index (χ3n) is 5.34. The van der Waals surface area contributed by atoms with E-state index in [1.54, 1.807) is 31.3 Å². The molecule has 0 spiro atoms. The van der Waals surface area contributed by atoms with Gasteiger partial charge in [-0.15, -0.1) is 0 Å². The molecule has 3 N–H and O–H groups in total. The highest BCUT2D eigenvalue weighted by molar-refractivity contribution is 6.34. The predicted octanol–water partition coefficient (Wildman–Crippen LogP) is 6.54. The number of anilines is 1. The molecule has 0 saturated carbocycles. The lowest BCUT2D eigenvalue weighted by Gasteiger charge is -2.16. The molecule has 4 rings (SSSR count). The molecular formula is C29H29ClN2O4. The monoisotopic (exact) mass is 504 g/mol. The van der Waals surface area contributed by atoms with Gasteiger partial charge in [0, 0.05) is 34.2 Å². The van der Waals surface area contributed by atoms with Crippen LogP contribution in [0.1, 0.15) is 23.6 Å². The molecule has 0 bridgehead atoms. The minimum absolute atomic E-state index is 0.0382. The largest absolute Gasteiger partial charge is 0.504 e. The number of aromatic nitrogens is 1. The molecular weight excluding hydrogens is 476 g/mol. The number of halogens is 1. The summed E-state index contributed by atoms with van der Waals surface area (Å²) in [6.07, 6.45) is 4.74. The number of aryl methyl sites for hydroxylation is 2. The van der Waals surface area contributed by atoms with Crippen molar-refractivity contribution in [2.45, 2.75) is 20.8 Å². The summed E-state index contributed by atoms with van der Waals surface area (Å²) in [6, 6.07) is 16.6. The highest BCUT2D eigenvalue weighted by Gasteiger charge is 2.16. The number of amides is 1. The van der Waals surface area contributed by atoms with Gasteiger partial charge in [0.1, 0.15) is 0 Å². The summed E-state index contributed by atoms with van der Waals surface area (Å²) in [6.45, 7) is 5.98. The first-order valence-corrected chi connectivity index (χ1v) is 11.8. The zero-order valence-electron chi connectivity index (χ0n) is 20.7. The van der Waals surface area contributed by atoms with E-state index < -0.39 is 0 Å². The van der Waals surface area contributed by atoms with Gasteiger partial charge in [-0.1, -0.05) is 47.5 Å². The number of phenolic OH excluding ortho intramolecular Hbond substituents is 1. The molecule has 1 amide bonds. The van der Waals surface area contributed by atoms with Crippen molar-refractivity contribution in [3.8, 4) is 22.6 Å². The number of pyridine rings is 1. The number of phenols is 1. The Labute approximate surface area is 215 Å². The van der Waals surface area contributed by atoms with Gasteiger partial charge < -0.3 is 20.3 Å². The second-order valence-electron chi connectivity index (χ2n) is 8.07. The van der Waals surface area contributed by atoms with Crippen molar-refractivity contribution < 1.29 is 19.7 Å². The Morgan fingerprint density at radius 1 is 1.14 bits per heavy atom. The fourth-order valence-corrected chi connectivity index (χ4v) is 4.08. The second-order valence-corrected chi connectivity index (χ2v) is 8.48. The Morgan fingerprint density at radius 3 is 2.56 bits per heavy atom. The van der Waals surface area contributed by atoms with Crippen molar-refractivity contribution in [2.24, 2.45) is 0 Å². The molecule has 0 unspecified atom stereocenters. The Morgan fingerprint density at radius 2 is 1.86 bits per heavy atom. The van der Waals surface area contributed by atoms with Gasteiger partial charge >= 0.3 is 0 Å². The van der Waals surface area contributed by atoms with Gasteiger partial charge in [-0.25, -0.2) is 0 Å². The minimum atomic E-state index is -0.319. The molecule has 4 aromatic rings. The van der Waals surface area contributed by atoms with Crippen LogP contribution in [0.5, 0.6) is 11.5 Å². The summed E-state index contributed by atoms with van der Waals surface area (Å²) < 4.78 is 5.12. The number of hydrogen-bond donors (Lipinski definition) is 3. The van der Waals surface area contributed by atoms with Gasteiger partial charge in [0.15, 0.2) is 11.5 Å². The van der Waals surface area contributed by atoms with Crippen molar-refractivity contribution in [1.82, 2.24) is 4.98 Å². The number of fused-ring (bicyclic) bond motifs is 1. The van der Waals surface area contributed by atoms with Gasteiger partial charge in [-0.05, 0) is 62.2 Å². The lowest BCUT2D eigenvalue weighted by Crippen LogP contribution is -2.10. The van der Waals surface area contributed by atoms with Crippen molar-refractivity contribution in [3.05, 3.63) is 88.6 Å². The van der Waals surface area contributed by atoms with Crippen LogP contribution < -0.4 is 10.1 Å². The van der Waals surface area contributed by atoms with Crippen molar-refractivity contribution in [1.29, 1.82) is 0 Å². The van der Waals surface area contributed by atoms with Crippen molar-refractivity contribution in [3.63, 3.8) is 0 Å². The van der Waals surface area contributed by atoms with E-state index in [9.17, 15) is 9.90 Å². The summed E-state index contributed by atoms with van der Waals surface area (Å²) in [5.41, 5.74) is 5.94. The molecule has 0 saturated heterocycles. The van der Waals surface area contributed by atoms with Gasteiger partial charge in [0.05, 0.1) is 24.5 Å². The second kappa shape index (κ2) is 12.2. The summed E-state index contributed by atoms with van der Waals surface area (Å²) in [5, 5.41) is 21.8. The van der Waals surface area contributed by atoms with Gasteiger partial charge in [0.2, 0.25) is 5.91 Å². The first-order valence-electron chi connectivity index (χ1n) is 11.4. The lowest BCUT2D eigenvalue weighted by atomic mass is 9.96. The first kappa shape index (κ1) is 26.7. The smallest absolute Gasteiger partial charge is 0.248 e. The third-order valence-corrected chi connectivity index (χ3v) is 5.67. The van der Waals surface area contributed by atoms with E-state index in [0.717, 1.165) is 33.2 Å². The van der Waals surface area contributed by atoms with E-state index >= 15 is 0 Å². The van der Waals surface area contributed by atoms with Crippen LogP contribution in [0.2, 0.25) is 5.02 Å². The predicted molar refractivity (Wildman–Crippen MR) is 147 cm³/mol. The number of nitrogens with one attached hydrogen (secondary N) is 1. The molecule has 0 atom stereocenters. The standard InChI is InChI=1S/C27H23ClN2O3.C2H6O/c1-16-12-17(2)27-20(13-16)26(19-6-4-5-7-21(19)28)22(15-29-27)30-25(32)11-9-18-8-10-23(31)24(14-18)33-3;1-2-3/h4-15,31H,1-3H3,(H,30,32);3H,2H2,1H3. The third kappa shape index (κ3) is 6.22. The summed E-state index contributed by atoms with van der Waals surface area (Å²) in [7, 11) is 1.47. The number of methoxy groups -OCH3 is 1. The molecule has 7 heteroatoms. The average Bonchev–Trinajstić information content (AvgIpc) is 2.84. The zero-order chi connectivity index (χ0) is 26.2. The van der Waals surface area contributed by atoms with Crippen LogP contribution in [0, 0.1) is 13.8 Å². The summed E-state index contributed by atoms with van der Waals surface area (Å²) in [4.78, 5) is 17.4. The quantitative estimate of drug-likeness (QED) is 0.268. The van der Waals surface area contributed by atoms with Crippen molar-refractivity contribution in [2.75, 3.05) is 19.0 Å². The van der Waals surface area contributed by atoms with Crippen molar-refractivity contribution >= 4 is 40.2 Å². The van der Waals surface area contributed by atoms with E-state index in [2.05, 4.69) is 22.4 Å². The topological polar surface area (TPSA) is 91.7 Å². The number of nitrogens with zero attached hydrogens (tertiary/aromatic N) is 1. The molecule has 36 heavy (non-hydrogen) atoms. The van der Waals surface area contributed by atoms with E-state index in [1.165, 1.54) is 19.3 Å². The number of aromatic hydroxyl groups is 1. The van der Waals surface area contributed by atoms with E-state index in [-0.39, 0.29) is 18.3 Å². The number of ether oxygens (including phenoxy) is 1. The van der Waals surface area contributed by atoms with E-state index in [1.807, 2.05) is 38.1 Å². The van der Waals surface area contributed by atoms with Crippen LogP contribution in [0.3, 0.4) is 0 Å².